The van der Waals surface area contributed by atoms with E-state index in [1.54, 1.807) is 24.3 Å². The van der Waals surface area contributed by atoms with Crippen LogP contribution in [0, 0.1) is 5.92 Å². The van der Waals surface area contributed by atoms with Crippen LogP contribution in [0.3, 0.4) is 0 Å². The highest BCUT2D eigenvalue weighted by Crippen LogP contribution is 2.26. The lowest BCUT2D eigenvalue weighted by molar-refractivity contribution is -0.145. The van der Waals surface area contributed by atoms with Crippen LogP contribution in [0.1, 0.15) is 25.3 Å². The van der Waals surface area contributed by atoms with Gasteiger partial charge in [0.2, 0.25) is 10.0 Å². The summed E-state index contributed by atoms with van der Waals surface area (Å²) in [5.41, 5.74) is 1.07. The maximum atomic E-state index is 12.2. The molecule has 19 heavy (non-hydrogen) atoms. The molecule has 0 spiro atoms. The van der Waals surface area contributed by atoms with Gasteiger partial charge in [-0.1, -0.05) is 26.0 Å². The second-order valence-corrected chi connectivity index (χ2v) is 7.02. The molecule has 5 nitrogen and oxygen atoms in total. The van der Waals surface area contributed by atoms with Crippen molar-refractivity contribution in [3.63, 3.8) is 0 Å². The van der Waals surface area contributed by atoms with Crippen molar-refractivity contribution in [1.29, 1.82) is 0 Å². The van der Waals surface area contributed by atoms with Crippen LogP contribution >= 0.6 is 0 Å². The van der Waals surface area contributed by atoms with E-state index in [2.05, 4.69) is 0 Å². The number of hydrogen-bond donors (Lipinski definition) is 1. The summed E-state index contributed by atoms with van der Waals surface area (Å²) in [4.78, 5) is 10.9. The molecule has 0 saturated carbocycles. The minimum Gasteiger partial charge on any atom is -0.481 e. The van der Waals surface area contributed by atoms with Crippen LogP contribution in [0.2, 0.25) is 0 Å². The average molecular weight is 283 g/mol. The normalized spacial score (nSPS) is 17.4. The molecule has 0 radical (unpaired) electrons. The van der Waals surface area contributed by atoms with Crippen LogP contribution in [0.5, 0.6) is 0 Å². The number of sulfonamides is 1. The van der Waals surface area contributed by atoms with E-state index in [4.69, 9.17) is 5.11 Å². The third kappa shape index (κ3) is 2.64. The topological polar surface area (TPSA) is 74.7 Å². The molecule has 0 atom stereocenters. The van der Waals surface area contributed by atoms with E-state index in [1.165, 1.54) is 4.31 Å². The molecule has 1 heterocycles. The van der Waals surface area contributed by atoms with Gasteiger partial charge in [0.05, 0.1) is 10.8 Å². The van der Waals surface area contributed by atoms with Gasteiger partial charge in [-0.25, -0.2) is 8.42 Å². The highest BCUT2D eigenvalue weighted by atomic mass is 32.2. The Labute approximate surface area is 112 Å². The van der Waals surface area contributed by atoms with Crippen LogP contribution in [0.15, 0.2) is 29.2 Å². The average Bonchev–Trinajstić information content (AvgIpc) is 2.26. The Kier molecular flexibility index (Phi) is 3.64. The Hall–Kier alpha value is -1.40. The molecule has 1 aromatic rings. The van der Waals surface area contributed by atoms with Gasteiger partial charge in [0.1, 0.15) is 0 Å². The first-order valence-electron chi connectivity index (χ1n) is 6.15. The molecular weight excluding hydrogens is 266 g/mol. The van der Waals surface area contributed by atoms with E-state index in [0.29, 0.717) is 5.92 Å². The molecule has 1 N–H and O–H groups in total. The van der Waals surface area contributed by atoms with Crippen molar-refractivity contribution < 1.29 is 18.3 Å². The van der Waals surface area contributed by atoms with E-state index in [1.807, 2.05) is 13.8 Å². The van der Waals surface area contributed by atoms with Crippen LogP contribution < -0.4 is 0 Å². The number of benzene rings is 1. The molecule has 1 saturated heterocycles. The number of carboxylic acids is 1. The standard InChI is InChI=1S/C13H17NO4S/c1-9(2)10-3-5-12(6-4-10)19(17,18)14-7-11(8-14)13(15)16/h3-6,9,11H,7-8H2,1-2H3,(H,15,16). The summed E-state index contributed by atoms with van der Waals surface area (Å²) < 4.78 is 25.6. The first-order chi connectivity index (χ1) is 8.82. The molecule has 2 rings (SSSR count). The minimum atomic E-state index is -3.54. The van der Waals surface area contributed by atoms with E-state index in [0.717, 1.165) is 5.56 Å². The van der Waals surface area contributed by atoms with Gasteiger partial charge in [-0.2, -0.15) is 4.31 Å². The number of carboxylic acid groups (broad SMARTS) is 1. The lowest BCUT2D eigenvalue weighted by atomic mass is 10.0. The Balaban J connectivity index is 2.15. The van der Waals surface area contributed by atoms with E-state index in [9.17, 15) is 13.2 Å². The highest BCUT2D eigenvalue weighted by molar-refractivity contribution is 7.89. The van der Waals surface area contributed by atoms with Crippen molar-refractivity contribution in [2.24, 2.45) is 5.92 Å². The van der Waals surface area contributed by atoms with Crippen LogP contribution in [0.4, 0.5) is 0 Å². The summed E-state index contributed by atoms with van der Waals surface area (Å²) in [6, 6.07) is 6.76. The summed E-state index contributed by atoms with van der Waals surface area (Å²) in [6.45, 7) is 4.19. The number of hydrogen-bond acceptors (Lipinski definition) is 3. The van der Waals surface area contributed by atoms with Crippen LogP contribution in [-0.2, 0) is 14.8 Å². The zero-order valence-electron chi connectivity index (χ0n) is 10.9. The lowest BCUT2D eigenvalue weighted by Crippen LogP contribution is -2.52. The third-order valence-corrected chi connectivity index (χ3v) is 5.23. The Bertz CT molecular complexity index is 571. The predicted molar refractivity (Wildman–Crippen MR) is 70.4 cm³/mol. The van der Waals surface area contributed by atoms with Crippen molar-refractivity contribution in [1.82, 2.24) is 4.31 Å². The summed E-state index contributed by atoms with van der Waals surface area (Å²) in [6.07, 6.45) is 0. The van der Waals surface area contributed by atoms with Crippen LogP contribution in [0.25, 0.3) is 0 Å². The van der Waals surface area contributed by atoms with E-state index in [-0.39, 0.29) is 18.0 Å². The zero-order valence-corrected chi connectivity index (χ0v) is 11.7. The smallest absolute Gasteiger partial charge is 0.309 e. The lowest BCUT2D eigenvalue weighted by Gasteiger charge is -2.35. The van der Waals surface area contributed by atoms with Gasteiger partial charge in [0.15, 0.2) is 0 Å². The number of rotatable bonds is 4. The van der Waals surface area contributed by atoms with Gasteiger partial charge in [0.25, 0.3) is 0 Å². The Morgan fingerprint density at radius 3 is 2.21 bits per heavy atom. The fourth-order valence-electron chi connectivity index (χ4n) is 1.96. The molecule has 0 unspecified atom stereocenters. The van der Waals surface area contributed by atoms with E-state index < -0.39 is 21.9 Å². The van der Waals surface area contributed by atoms with Gasteiger partial charge in [-0.3, -0.25) is 4.79 Å². The van der Waals surface area contributed by atoms with Gasteiger partial charge in [0, 0.05) is 13.1 Å². The molecule has 0 bridgehead atoms. The quantitative estimate of drug-likeness (QED) is 0.909. The summed E-state index contributed by atoms with van der Waals surface area (Å²) in [7, 11) is -3.54. The number of aliphatic carboxylic acids is 1. The van der Waals surface area contributed by atoms with Crippen molar-refractivity contribution in [2.75, 3.05) is 13.1 Å². The Morgan fingerprint density at radius 1 is 1.26 bits per heavy atom. The summed E-state index contributed by atoms with van der Waals surface area (Å²) in [5.74, 6) is -1.18. The zero-order chi connectivity index (χ0) is 14.2. The molecule has 1 aliphatic heterocycles. The second kappa shape index (κ2) is 4.94. The fraction of sp³-hybridized carbons (Fsp3) is 0.462. The second-order valence-electron chi connectivity index (χ2n) is 5.08. The molecule has 0 aliphatic carbocycles. The third-order valence-electron chi connectivity index (χ3n) is 3.38. The highest BCUT2D eigenvalue weighted by Gasteiger charge is 2.40. The Morgan fingerprint density at radius 2 is 1.79 bits per heavy atom. The summed E-state index contributed by atoms with van der Waals surface area (Å²) >= 11 is 0. The largest absolute Gasteiger partial charge is 0.481 e. The van der Waals surface area contributed by atoms with Gasteiger partial charge in [-0.15, -0.1) is 0 Å². The minimum absolute atomic E-state index is 0.0591. The maximum Gasteiger partial charge on any atom is 0.309 e. The molecule has 104 valence electrons. The summed E-state index contributed by atoms with van der Waals surface area (Å²) in [5, 5.41) is 8.76. The van der Waals surface area contributed by atoms with Gasteiger partial charge < -0.3 is 5.11 Å². The first kappa shape index (κ1) is 14.0. The SMILES string of the molecule is CC(C)c1ccc(S(=O)(=O)N2CC(C(=O)O)C2)cc1. The molecule has 1 aliphatic rings. The molecule has 0 aromatic heterocycles. The molecular formula is C13H17NO4S. The van der Waals surface area contributed by atoms with E-state index >= 15 is 0 Å². The van der Waals surface area contributed by atoms with Crippen molar-refractivity contribution >= 4 is 16.0 Å². The fourth-order valence-corrected chi connectivity index (χ4v) is 3.49. The number of carbonyl (C=O) groups is 1. The van der Waals surface area contributed by atoms with Gasteiger partial charge in [-0.05, 0) is 23.6 Å². The molecule has 0 amide bonds. The monoisotopic (exact) mass is 283 g/mol. The number of nitrogens with zero attached hydrogens (tertiary/aromatic N) is 1. The molecule has 1 aromatic carbocycles. The first-order valence-corrected chi connectivity index (χ1v) is 7.59. The van der Waals surface area contributed by atoms with Crippen molar-refractivity contribution in [3.8, 4) is 0 Å². The maximum absolute atomic E-state index is 12.2. The van der Waals surface area contributed by atoms with Gasteiger partial charge >= 0.3 is 5.97 Å². The molecule has 1 fully saturated rings. The van der Waals surface area contributed by atoms with Crippen molar-refractivity contribution in [2.45, 2.75) is 24.7 Å². The van der Waals surface area contributed by atoms with Crippen LogP contribution in [-0.4, -0.2) is 36.9 Å². The molecule has 6 heteroatoms. The van der Waals surface area contributed by atoms with Crippen molar-refractivity contribution in [3.05, 3.63) is 29.8 Å². The predicted octanol–water partition coefficient (Wildman–Crippen LogP) is 1.52.